The summed E-state index contributed by atoms with van der Waals surface area (Å²) in [5.74, 6) is 0. The molecule has 0 fully saturated rings. The number of benzene rings is 2. The van der Waals surface area contributed by atoms with Crippen LogP contribution in [-0.2, 0) is 22.9 Å². The molecule has 128 valence electrons. The maximum atomic E-state index is 12.6. The van der Waals surface area contributed by atoms with Crippen molar-refractivity contribution in [2.24, 2.45) is 0 Å². The van der Waals surface area contributed by atoms with Crippen LogP contribution in [0.4, 0.5) is 5.69 Å². The lowest BCUT2D eigenvalue weighted by Crippen LogP contribution is -2.13. The Balaban J connectivity index is 1.56. The van der Waals surface area contributed by atoms with Gasteiger partial charge in [-0.05, 0) is 61.6 Å². The number of fused-ring (bicyclic) bond motifs is 1. The molecular weight excluding hydrogens is 352 g/mol. The summed E-state index contributed by atoms with van der Waals surface area (Å²) >= 11 is 1.60. The lowest BCUT2D eigenvalue weighted by atomic mass is 10.1. The number of aryl methyl sites for hydroxylation is 3. The molecule has 0 saturated carbocycles. The third-order valence-electron chi connectivity index (χ3n) is 4.43. The van der Waals surface area contributed by atoms with E-state index in [1.807, 2.05) is 30.5 Å². The zero-order valence-electron chi connectivity index (χ0n) is 13.8. The SMILES string of the molecule is Cc1nc(-c2ccc(NS(=O)(=O)c3ccc4c(c3)CCC4)cc2)cs1. The van der Waals surface area contributed by atoms with E-state index in [1.165, 1.54) is 5.56 Å². The van der Waals surface area contributed by atoms with E-state index >= 15 is 0 Å². The first-order valence-electron chi connectivity index (χ1n) is 8.18. The normalized spacial score (nSPS) is 13.6. The molecule has 1 aliphatic rings. The molecular formula is C19H18N2O2S2. The summed E-state index contributed by atoms with van der Waals surface area (Å²) in [5, 5.41) is 3.01. The molecule has 1 heterocycles. The van der Waals surface area contributed by atoms with Gasteiger partial charge in [0.05, 0.1) is 15.6 Å². The number of nitrogens with one attached hydrogen (secondary N) is 1. The van der Waals surface area contributed by atoms with Crippen molar-refractivity contribution in [3.8, 4) is 11.3 Å². The topological polar surface area (TPSA) is 59.1 Å². The van der Waals surface area contributed by atoms with Gasteiger partial charge in [0.25, 0.3) is 10.0 Å². The number of hydrogen-bond donors (Lipinski definition) is 1. The molecule has 0 atom stereocenters. The van der Waals surface area contributed by atoms with Gasteiger partial charge in [0.2, 0.25) is 0 Å². The third kappa shape index (κ3) is 3.32. The summed E-state index contributed by atoms with van der Waals surface area (Å²) in [4.78, 5) is 4.77. The summed E-state index contributed by atoms with van der Waals surface area (Å²) in [6.45, 7) is 1.97. The molecule has 6 heteroatoms. The molecule has 0 amide bonds. The van der Waals surface area contributed by atoms with Crippen LogP contribution >= 0.6 is 11.3 Å². The second-order valence-corrected chi connectivity index (χ2v) is 8.96. The average molecular weight is 370 g/mol. The van der Waals surface area contributed by atoms with Gasteiger partial charge in [-0.1, -0.05) is 18.2 Å². The number of sulfonamides is 1. The Morgan fingerprint density at radius 2 is 1.80 bits per heavy atom. The van der Waals surface area contributed by atoms with Gasteiger partial charge in [-0.25, -0.2) is 13.4 Å². The molecule has 0 saturated heterocycles. The summed E-state index contributed by atoms with van der Waals surface area (Å²) < 4.78 is 27.9. The van der Waals surface area contributed by atoms with Gasteiger partial charge in [0, 0.05) is 16.6 Å². The Labute approximate surface area is 151 Å². The maximum Gasteiger partial charge on any atom is 0.261 e. The fourth-order valence-electron chi connectivity index (χ4n) is 3.13. The quantitative estimate of drug-likeness (QED) is 0.740. The van der Waals surface area contributed by atoms with E-state index in [0.717, 1.165) is 41.1 Å². The van der Waals surface area contributed by atoms with Crippen molar-refractivity contribution in [2.45, 2.75) is 31.1 Å². The molecule has 2 aromatic carbocycles. The largest absolute Gasteiger partial charge is 0.280 e. The van der Waals surface area contributed by atoms with Crippen molar-refractivity contribution < 1.29 is 8.42 Å². The van der Waals surface area contributed by atoms with Gasteiger partial charge >= 0.3 is 0 Å². The molecule has 25 heavy (non-hydrogen) atoms. The molecule has 4 rings (SSSR count). The number of nitrogens with zero attached hydrogens (tertiary/aromatic N) is 1. The number of rotatable bonds is 4. The Hall–Kier alpha value is -2.18. The van der Waals surface area contributed by atoms with Crippen LogP contribution in [-0.4, -0.2) is 13.4 Å². The third-order valence-corrected chi connectivity index (χ3v) is 6.58. The van der Waals surface area contributed by atoms with Crippen molar-refractivity contribution in [3.05, 3.63) is 64.0 Å². The van der Waals surface area contributed by atoms with Crippen LogP contribution < -0.4 is 4.72 Å². The maximum absolute atomic E-state index is 12.6. The van der Waals surface area contributed by atoms with Crippen LogP contribution in [0.1, 0.15) is 22.6 Å². The van der Waals surface area contributed by atoms with Crippen LogP contribution in [0.2, 0.25) is 0 Å². The van der Waals surface area contributed by atoms with Crippen molar-refractivity contribution in [2.75, 3.05) is 4.72 Å². The van der Waals surface area contributed by atoms with Crippen LogP contribution in [0.5, 0.6) is 0 Å². The first-order chi connectivity index (χ1) is 12.0. The van der Waals surface area contributed by atoms with E-state index in [2.05, 4.69) is 9.71 Å². The van der Waals surface area contributed by atoms with Gasteiger partial charge in [-0.15, -0.1) is 11.3 Å². The first kappa shape index (κ1) is 16.3. The molecule has 0 radical (unpaired) electrons. The zero-order chi connectivity index (χ0) is 17.4. The highest BCUT2D eigenvalue weighted by atomic mass is 32.2. The predicted octanol–water partition coefficient (Wildman–Crippen LogP) is 4.41. The minimum absolute atomic E-state index is 0.326. The van der Waals surface area contributed by atoms with Crippen LogP contribution in [0.15, 0.2) is 52.7 Å². The van der Waals surface area contributed by atoms with Gasteiger partial charge in [-0.2, -0.15) is 0 Å². The highest BCUT2D eigenvalue weighted by Gasteiger charge is 2.18. The van der Waals surface area contributed by atoms with Crippen LogP contribution in [0.25, 0.3) is 11.3 Å². The molecule has 0 aliphatic heterocycles. The lowest BCUT2D eigenvalue weighted by Gasteiger charge is -2.10. The number of thiazole rings is 1. The fraction of sp³-hybridized carbons (Fsp3) is 0.211. The zero-order valence-corrected chi connectivity index (χ0v) is 15.5. The second-order valence-electron chi connectivity index (χ2n) is 6.22. The molecule has 0 unspecified atom stereocenters. The highest BCUT2D eigenvalue weighted by molar-refractivity contribution is 7.92. The van der Waals surface area contributed by atoms with Gasteiger partial charge in [-0.3, -0.25) is 4.72 Å². The molecule has 1 N–H and O–H groups in total. The van der Waals surface area contributed by atoms with E-state index in [1.54, 1.807) is 35.6 Å². The molecule has 4 nitrogen and oxygen atoms in total. The fourth-order valence-corrected chi connectivity index (χ4v) is 4.87. The summed E-state index contributed by atoms with van der Waals surface area (Å²) in [5.41, 5.74) is 4.86. The predicted molar refractivity (Wildman–Crippen MR) is 102 cm³/mol. The minimum Gasteiger partial charge on any atom is -0.280 e. The van der Waals surface area contributed by atoms with Gasteiger partial charge in [0.1, 0.15) is 0 Å². The van der Waals surface area contributed by atoms with Gasteiger partial charge in [0.15, 0.2) is 0 Å². The Morgan fingerprint density at radius 3 is 2.52 bits per heavy atom. The lowest BCUT2D eigenvalue weighted by molar-refractivity contribution is 0.601. The molecule has 0 spiro atoms. The summed E-state index contributed by atoms with van der Waals surface area (Å²) in [6.07, 6.45) is 3.10. The van der Waals surface area contributed by atoms with E-state index in [-0.39, 0.29) is 0 Å². The average Bonchev–Trinajstić information content (AvgIpc) is 3.23. The minimum atomic E-state index is -3.57. The smallest absolute Gasteiger partial charge is 0.261 e. The highest BCUT2D eigenvalue weighted by Crippen LogP contribution is 2.27. The van der Waals surface area contributed by atoms with E-state index in [9.17, 15) is 8.42 Å². The van der Waals surface area contributed by atoms with Crippen LogP contribution in [0.3, 0.4) is 0 Å². The molecule has 1 aromatic heterocycles. The van der Waals surface area contributed by atoms with Crippen LogP contribution in [0, 0.1) is 6.92 Å². The Morgan fingerprint density at radius 1 is 1.04 bits per heavy atom. The Bertz CT molecular complexity index is 1020. The van der Waals surface area contributed by atoms with E-state index < -0.39 is 10.0 Å². The number of hydrogen-bond acceptors (Lipinski definition) is 4. The van der Waals surface area contributed by atoms with Crippen molar-refractivity contribution in [1.29, 1.82) is 0 Å². The van der Waals surface area contributed by atoms with Crippen molar-refractivity contribution in [3.63, 3.8) is 0 Å². The van der Waals surface area contributed by atoms with E-state index in [4.69, 9.17) is 0 Å². The van der Waals surface area contributed by atoms with E-state index in [0.29, 0.717) is 10.6 Å². The Kier molecular flexibility index (Phi) is 4.09. The standard InChI is InChI=1S/C19H18N2O2S2/c1-13-20-19(12-24-13)15-5-8-17(9-6-15)21-25(22,23)18-10-7-14-3-2-4-16(14)11-18/h5-12,21H,2-4H2,1H3. The molecule has 1 aliphatic carbocycles. The first-order valence-corrected chi connectivity index (χ1v) is 10.5. The molecule has 0 bridgehead atoms. The van der Waals surface area contributed by atoms with Gasteiger partial charge < -0.3 is 0 Å². The van der Waals surface area contributed by atoms with Crippen molar-refractivity contribution in [1.82, 2.24) is 4.98 Å². The number of anilines is 1. The second kappa shape index (κ2) is 6.28. The number of aromatic nitrogens is 1. The summed E-state index contributed by atoms with van der Waals surface area (Å²) in [6, 6.07) is 12.7. The molecule has 3 aromatic rings. The summed E-state index contributed by atoms with van der Waals surface area (Å²) in [7, 11) is -3.57. The van der Waals surface area contributed by atoms with Crippen molar-refractivity contribution >= 4 is 27.0 Å². The monoisotopic (exact) mass is 370 g/mol.